The maximum Gasteiger partial charge on any atom is 0.244 e. The molecule has 30 heavy (non-hydrogen) atoms. The first-order valence-corrected chi connectivity index (χ1v) is 9.79. The summed E-state index contributed by atoms with van der Waals surface area (Å²) in [6.07, 6.45) is 5.79. The van der Waals surface area contributed by atoms with Gasteiger partial charge in [-0.25, -0.2) is 18.3 Å². The summed E-state index contributed by atoms with van der Waals surface area (Å²) in [6, 6.07) is 6.99. The number of amides is 1. The van der Waals surface area contributed by atoms with E-state index in [1.165, 1.54) is 16.8 Å². The lowest BCUT2D eigenvalue weighted by molar-refractivity contribution is -0.119. The number of carbonyl (C=O) groups excluding carboxylic acids is 1. The van der Waals surface area contributed by atoms with Crippen LogP contribution >= 0.6 is 0 Å². The fraction of sp³-hybridized carbons (Fsp3) is 0.333. The third kappa shape index (κ3) is 2.96. The summed E-state index contributed by atoms with van der Waals surface area (Å²) in [4.78, 5) is 19.0. The van der Waals surface area contributed by atoms with E-state index in [0.717, 1.165) is 18.6 Å². The van der Waals surface area contributed by atoms with Crippen LogP contribution in [-0.4, -0.2) is 27.0 Å². The molecule has 5 rings (SSSR count). The van der Waals surface area contributed by atoms with Crippen LogP contribution in [0.1, 0.15) is 37.3 Å². The van der Waals surface area contributed by atoms with Crippen LogP contribution in [0.25, 0.3) is 5.65 Å². The molecule has 2 fully saturated rings. The van der Waals surface area contributed by atoms with Gasteiger partial charge in [-0.3, -0.25) is 4.79 Å². The second-order valence-corrected chi connectivity index (χ2v) is 7.78. The van der Waals surface area contributed by atoms with Gasteiger partial charge in [-0.1, -0.05) is 0 Å². The van der Waals surface area contributed by atoms with Crippen LogP contribution in [-0.2, 0) is 4.79 Å². The Balaban J connectivity index is 1.48. The van der Waals surface area contributed by atoms with Crippen molar-refractivity contribution in [1.29, 1.82) is 5.26 Å². The molecule has 3 aromatic rings. The number of aromatic nitrogens is 3. The monoisotopic (exact) mass is 408 g/mol. The second kappa shape index (κ2) is 6.76. The lowest BCUT2D eigenvalue weighted by Crippen LogP contribution is -2.25. The molecule has 1 aliphatic heterocycles. The Morgan fingerprint density at radius 2 is 2.13 bits per heavy atom. The number of fused-ring (bicyclic) bond motifs is 1. The smallest absolute Gasteiger partial charge is 0.244 e. The molecular weight excluding hydrogens is 390 g/mol. The van der Waals surface area contributed by atoms with Gasteiger partial charge in [0.15, 0.2) is 5.65 Å². The van der Waals surface area contributed by atoms with Crippen molar-refractivity contribution in [3.63, 3.8) is 0 Å². The standard InChI is InChI=1S/C21H18F2N6O/c22-13-3-4-15(23)14(10-13)17-2-1-8-28(17)18-5-9-29-19(27-18)16(11-25-29)26-20(30)21(12-24)6-7-21/h3-5,9-11,17H,1-2,6-8H2,(H,26,30)/t17-/m1/s1. The number of hydrogen-bond donors (Lipinski definition) is 1. The van der Waals surface area contributed by atoms with Crippen LogP contribution in [0.15, 0.2) is 36.7 Å². The van der Waals surface area contributed by atoms with Crippen molar-refractivity contribution in [3.05, 3.63) is 53.9 Å². The van der Waals surface area contributed by atoms with Crippen LogP contribution in [0.4, 0.5) is 20.3 Å². The van der Waals surface area contributed by atoms with Gasteiger partial charge in [-0.2, -0.15) is 10.4 Å². The number of hydrogen-bond acceptors (Lipinski definition) is 5. The summed E-state index contributed by atoms with van der Waals surface area (Å²) in [5.41, 5.74) is 0.192. The van der Waals surface area contributed by atoms with Crippen LogP contribution < -0.4 is 10.2 Å². The van der Waals surface area contributed by atoms with Crippen molar-refractivity contribution in [3.8, 4) is 6.07 Å². The first-order chi connectivity index (χ1) is 14.5. The van der Waals surface area contributed by atoms with E-state index in [1.807, 2.05) is 4.90 Å². The number of nitrogens with one attached hydrogen (secondary N) is 1. The third-order valence-electron chi connectivity index (χ3n) is 5.87. The molecular formula is C21H18F2N6O. The summed E-state index contributed by atoms with van der Waals surface area (Å²) in [5, 5.41) is 16.2. The number of anilines is 2. The zero-order chi connectivity index (χ0) is 20.9. The molecule has 2 aliphatic rings. The Morgan fingerprint density at radius 3 is 2.90 bits per heavy atom. The van der Waals surface area contributed by atoms with E-state index in [0.29, 0.717) is 48.5 Å². The highest BCUT2D eigenvalue weighted by molar-refractivity contribution is 6.01. The number of nitriles is 1. The van der Waals surface area contributed by atoms with Gasteiger partial charge >= 0.3 is 0 Å². The predicted molar refractivity (Wildman–Crippen MR) is 105 cm³/mol. The molecule has 9 heteroatoms. The lowest BCUT2D eigenvalue weighted by Gasteiger charge is -2.26. The summed E-state index contributed by atoms with van der Waals surface area (Å²) in [6.45, 7) is 0.650. The van der Waals surface area contributed by atoms with E-state index in [9.17, 15) is 18.8 Å². The molecule has 1 N–H and O–H groups in total. The first-order valence-electron chi connectivity index (χ1n) is 9.79. The summed E-state index contributed by atoms with van der Waals surface area (Å²) in [7, 11) is 0. The minimum atomic E-state index is -0.958. The highest BCUT2D eigenvalue weighted by atomic mass is 19.1. The second-order valence-electron chi connectivity index (χ2n) is 7.78. The molecule has 2 aromatic heterocycles. The highest BCUT2D eigenvalue weighted by Crippen LogP contribution is 2.46. The molecule has 1 aliphatic carbocycles. The SMILES string of the molecule is N#CC1(C(=O)Nc2cnn3ccc(N4CCC[C@@H]4c4cc(F)ccc4F)nc23)CC1. The molecule has 1 atom stereocenters. The van der Waals surface area contributed by atoms with Gasteiger partial charge in [0.2, 0.25) is 5.91 Å². The fourth-order valence-corrected chi connectivity index (χ4v) is 4.00. The molecule has 1 amide bonds. The van der Waals surface area contributed by atoms with Crippen LogP contribution in [0.5, 0.6) is 0 Å². The van der Waals surface area contributed by atoms with Crippen molar-refractivity contribution in [2.45, 2.75) is 31.7 Å². The molecule has 1 saturated heterocycles. The lowest BCUT2D eigenvalue weighted by atomic mass is 10.0. The van der Waals surface area contributed by atoms with Crippen LogP contribution in [0.3, 0.4) is 0 Å². The average Bonchev–Trinajstić information content (AvgIpc) is 3.24. The van der Waals surface area contributed by atoms with Gasteiger partial charge < -0.3 is 10.2 Å². The fourth-order valence-electron chi connectivity index (χ4n) is 4.00. The van der Waals surface area contributed by atoms with Crippen molar-refractivity contribution < 1.29 is 13.6 Å². The summed E-state index contributed by atoms with van der Waals surface area (Å²) >= 11 is 0. The van der Waals surface area contributed by atoms with Crippen molar-refractivity contribution in [1.82, 2.24) is 14.6 Å². The number of rotatable bonds is 4. The zero-order valence-electron chi connectivity index (χ0n) is 16.0. The van der Waals surface area contributed by atoms with Crippen LogP contribution in [0, 0.1) is 28.4 Å². The Labute approximate surface area is 170 Å². The van der Waals surface area contributed by atoms with Gasteiger partial charge in [0.05, 0.1) is 18.3 Å². The van der Waals surface area contributed by atoms with E-state index in [1.54, 1.807) is 12.3 Å². The topological polar surface area (TPSA) is 86.3 Å². The highest BCUT2D eigenvalue weighted by Gasteiger charge is 2.50. The molecule has 0 unspecified atom stereocenters. The molecule has 0 spiro atoms. The van der Waals surface area contributed by atoms with Gasteiger partial charge in [0.1, 0.15) is 28.6 Å². The average molecular weight is 408 g/mol. The summed E-state index contributed by atoms with van der Waals surface area (Å²) in [5.74, 6) is -0.689. The maximum absolute atomic E-state index is 14.4. The van der Waals surface area contributed by atoms with E-state index >= 15 is 0 Å². The Hall–Kier alpha value is -3.54. The number of halogens is 2. The molecule has 1 aromatic carbocycles. The molecule has 1 saturated carbocycles. The molecule has 152 valence electrons. The van der Waals surface area contributed by atoms with Gasteiger partial charge in [0.25, 0.3) is 0 Å². The largest absolute Gasteiger partial charge is 0.349 e. The van der Waals surface area contributed by atoms with Gasteiger partial charge in [-0.05, 0) is 49.9 Å². The molecule has 0 radical (unpaired) electrons. The Bertz CT molecular complexity index is 1200. The number of nitrogens with zero attached hydrogens (tertiary/aromatic N) is 5. The van der Waals surface area contributed by atoms with Gasteiger partial charge in [0, 0.05) is 18.3 Å². The Kier molecular flexibility index (Phi) is 4.17. The Morgan fingerprint density at radius 1 is 1.30 bits per heavy atom. The zero-order valence-corrected chi connectivity index (χ0v) is 16.0. The normalized spacial score (nSPS) is 19.6. The maximum atomic E-state index is 14.4. The van der Waals surface area contributed by atoms with Gasteiger partial charge in [-0.15, -0.1) is 0 Å². The first kappa shape index (κ1) is 18.5. The van der Waals surface area contributed by atoms with E-state index in [2.05, 4.69) is 21.5 Å². The minimum absolute atomic E-state index is 0.306. The number of carbonyl (C=O) groups is 1. The minimum Gasteiger partial charge on any atom is -0.349 e. The van der Waals surface area contributed by atoms with E-state index < -0.39 is 17.0 Å². The van der Waals surface area contributed by atoms with Crippen LogP contribution in [0.2, 0.25) is 0 Å². The van der Waals surface area contributed by atoms with Crippen molar-refractivity contribution in [2.24, 2.45) is 5.41 Å². The quantitative estimate of drug-likeness (QED) is 0.713. The molecule has 0 bridgehead atoms. The van der Waals surface area contributed by atoms with E-state index in [-0.39, 0.29) is 11.9 Å². The number of benzene rings is 1. The third-order valence-corrected chi connectivity index (χ3v) is 5.87. The molecule has 7 nitrogen and oxygen atoms in total. The summed E-state index contributed by atoms with van der Waals surface area (Å²) < 4.78 is 29.6. The van der Waals surface area contributed by atoms with Crippen molar-refractivity contribution >= 4 is 23.1 Å². The molecule has 3 heterocycles. The van der Waals surface area contributed by atoms with Crippen molar-refractivity contribution in [2.75, 3.05) is 16.8 Å². The van der Waals surface area contributed by atoms with E-state index in [4.69, 9.17) is 0 Å². The predicted octanol–water partition coefficient (Wildman–Crippen LogP) is 3.59.